The van der Waals surface area contributed by atoms with Crippen LogP contribution in [0.4, 0.5) is 0 Å². The SMILES string of the molecule is Brc1ccc(C2=Nn3c(nnc3-c3ccccc3)SC2)cc1. The molecular formula is C16H11BrN4S. The Morgan fingerprint density at radius 1 is 0.909 bits per heavy atom. The van der Waals surface area contributed by atoms with Crippen LogP contribution in [0.15, 0.2) is 69.3 Å². The van der Waals surface area contributed by atoms with Gasteiger partial charge in [-0.3, -0.25) is 0 Å². The van der Waals surface area contributed by atoms with Crippen molar-refractivity contribution in [3.63, 3.8) is 0 Å². The standard InChI is InChI=1S/C16H11BrN4S/c17-13-8-6-11(7-9-13)14-10-22-16-19-18-15(21(16)20-14)12-4-2-1-3-5-12/h1-9H,10H2. The van der Waals surface area contributed by atoms with Gasteiger partial charge < -0.3 is 0 Å². The molecule has 1 aliphatic rings. The van der Waals surface area contributed by atoms with Gasteiger partial charge in [-0.2, -0.15) is 9.78 Å². The van der Waals surface area contributed by atoms with Crippen LogP contribution < -0.4 is 0 Å². The second-order valence-electron chi connectivity index (χ2n) is 4.83. The molecule has 0 atom stereocenters. The molecule has 0 fully saturated rings. The molecule has 0 saturated heterocycles. The number of hydrogen-bond acceptors (Lipinski definition) is 4. The van der Waals surface area contributed by atoms with Crippen molar-refractivity contribution in [2.45, 2.75) is 5.16 Å². The number of halogens is 1. The van der Waals surface area contributed by atoms with Crippen LogP contribution in [0, 0.1) is 0 Å². The van der Waals surface area contributed by atoms with Gasteiger partial charge in [0.25, 0.3) is 0 Å². The molecule has 0 bridgehead atoms. The van der Waals surface area contributed by atoms with Gasteiger partial charge in [0.1, 0.15) is 0 Å². The van der Waals surface area contributed by atoms with E-state index in [1.54, 1.807) is 11.8 Å². The monoisotopic (exact) mass is 370 g/mol. The fraction of sp³-hybridized carbons (Fsp3) is 0.0625. The first-order valence-electron chi connectivity index (χ1n) is 6.79. The number of nitrogens with zero attached hydrogens (tertiary/aromatic N) is 4. The van der Waals surface area contributed by atoms with E-state index in [1.165, 1.54) is 0 Å². The Bertz CT molecular complexity index is 840. The minimum atomic E-state index is 0.775. The highest BCUT2D eigenvalue weighted by Gasteiger charge is 2.20. The fourth-order valence-electron chi connectivity index (χ4n) is 2.28. The lowest BCUT2D eigenvalue weighted by Gasteiger charge is -2.14. The van der Waals surface area contributed by atoms with Gasteiger partial charge in [0.15, 0.2) is 5.82 Å². The van der Waals surface area contributed by atoms with Crippen molar-refractivity contribution in [2.75, 3.05) is 5.75 Å². The minimum Gasteiger partial charge on any atom is -0.187 e. The van der Waals surface area contributed by atoms with Crippen molar-refractivity contribution in [1.29, 1.82) is 0 Å². The molecule has 0 amide bonds. The van der Waals surface area contributed by atoms with Crippen molar-refractivity contribution < 1.29 is 0 Å². The maximum Gasteiger partial charge on any atom is 0.212 e. The van der Waals surface area contributed by atoms with Gasteiger partial charge >= 0.3 is 0 Å². The van der Waals surface area contributed by atoms with E-state index in [0.29, 0.717) is 0 Å². The van der Waals surface area contributed by atoms with E-state index < -0.39 is 0 Å². The molecule has 0 aliphatic carbocycles. The van der Waals surface area contributed by atoms with Crippen LogP contribution >= 0.6 is 27.7 Å². The number of rotatable bonds is 2. The van der Waals surface area contributed by atoms with Crippen molar-refractivity contribution >= 4 is 33.4 Å². The summed E-state index contributed by atoms with van der Waals surface area (Å²) in [7, 11) is 0. The average molecular weight is 371 g/mol. The van der Waals surface area contributed by atoms with Gasteiger partial charge in [-0.05, 0) is 17.7 Å². The molecule has 3 aromatic rings. The first-order valence-corrected chi connectivity index (χ1v) is 8.56. The summed E-state index contributed by atoms with van der Waals surface area (Å²) < 4.78 is 2.90. The van der Waals surface area contributed by atoms with Gasteiger partial charge in [0.2, 0.25) is 5.16 Å². The Kier molecular flexibility index (Phi) is 3.56. The van der Waals surface area contributed by atoms with E-state index in [1.807, 2.05) is 47.1 Å². The Labute approximate surface area is 140 Å². The zero-order chi connectivity index (χ0) is 14.9. The molecule has 0 unspecified atom stereocenters. The fourth-order valence-corrected chi connectivity index (χ4v) is 3.38. The molecule has 4 rings (SSSR count). The second kappa shape index (κ2) is 5.70. The minimum absolute atomic E-state index is 0.775. The first-order chi connectivity index (χ1) is 10.8. The number of fused-ring (bicyclic) bond motifs is 1. The number of benzene rings is 2. The van der Waals surface area contributed by atoms with E-state index in [2.05, 4.69) is 38.3 Å². The Morgan fingerprint density at radius 2 is 1.68 bits per heavy atom. The maximum atomic E-state index is 4.75. The molecule has 22 heavy (non-hydrogen) atoms. The quantitative estimate of drug-likeness (QED) is 0.682. The predicted molar refractivity (Wildman–Crippen MR) is 92.3 cm³/mol. The number of aromatic nitrogens is 3. The summed E-state index contributed by atoms with van der Waals surface area (Å²) in [5.41, 5.74) is 3.17. The van der Waals surface area contributed by atoms with Crippen LogP contribution in [-0.2, 0) is 0 Å². The molecule has 0 saturated carbocycles. The van der Waals surface area contributed by atoms with Gasteiger partial charge in [0.05, 0.1) is 5.71 Å². The van der Waals surface area contributed by atoms with Crippen molar-refractivity contribution in [2.24, 2.45) is 5.10 Å². The highest BCUT2D eigenvalue weighted by Crippen LogP contribution is 2.28. The summed E-state index contributed by atoms with van der Waals surface area (Å²) in [6.45, 7) is 0. The second-order valence-corrected chi connectivity index (χ2v) is 6.68. The number of thioether (sulfide) groups is 1. The largest absolute Gasteiger partial charge is 0.212 e. The lowest BCUT2D eigenvalue weighted by molar-refractivity contribution is 0.762. The molecule has 2 heterocycles. The molecule has 4 nitrogen and oxygen atoms in total. The summed E-state index contributed by atoms with van der Waals surface area (Å²) in [5, 5.41) is 14.1. The van der Waals surface area contributed by atoms with Gasteiger partial charge in [-0.1, -0.05) is 70.2 Å². The van der Waals surface area contributed by atoms with Crippen LogP contribution in [0.2, 0.25) is 0 Å². The first kappa shape index (κ1) is 13.7. The predicted octanol–water partition coefficient (Wildman–Crippen LogP) is 4.07. The van der Waals surface area contributed by atoms with E-state index in [-0.39, 0.29) is 0 Å². The van der Waals surface area contributed by atoms with Gasteiger partial charge in [0, 0.05) is 15.8 Å². The van der Waals surface area contributed by atoms with E-state index in [0.717, 1.165) is 38.0 Å². The smallest absolute Gasteiger partial charge is 0.187 e. The molecule has 0 radical (unpaired) electrons. The zero-order valence-corrected chi connectivity index (χ0v) is 13.9. The highest BCUT2D eigenvalue weighted by atomic mass is 79.9. The Hall–Kier alpha value is -1.92. The summed E-state index contributed by atoms with van der Waals surface area (Å²) in [4.78, 5) is 0. The third-order valence-electron chi connectivity index (χ3n) is 3.38. The van der Waals surface area contributed by atoms with Crippen molar-refractivity contribution in [3.8, 4) is 11.4 Å². The van der Waals surface area contributed by atoms with E-state index >= 15 is 0 Å². The number of hydrogen-bond donors (Lipinski definition) is 0. The van der Waals surface area contributed by atoms with E-state index in [9.17, 15) is 0 Å². The van der Waals surface area contributed by atoms with Crippen molar-refractivity contribution in [3.05, 3.63) is 64.6 Å². The third kappa shape index (κ3) is 2.48. The summed E-state index contributed by atoms with van der Waals surface area (Å²) in [6, 6.07) is 18.2. The van der Waals surface area contributed by atoms with Crippen LogP contribution in [0.25, 0.3) is 11.4 Å². The van der Waals surface area contributed by atoms with Gasteiger partial charge in [-0.25, -0.2) is 0 Å². The van der Waals surface area contributed by atoms with Crippen LogP contribution in [0.1, 0.15) is 5.56 Å². The lowest BCUT2D eigenvalue weighted by atomic mass is 10.1. The molecule has 0 N–H and O–H groups in total. The zero-order valence-electron chi connectivity index (χ0n) is 11.5. The molecular weight excluding hydrogens is 360 g/mol. The van der Waals surface area contributed by atoms with Crippen LogP contribution in [0.5, 0.6) is 0 Å². The Balaban J connectivity index is 1.79. The molecule has 6 heteroatoms. The lowest BCUT2D eigenvalue weighted by Crippen LogP contribution is -2.13. The maximum absolute atomic E-state index is 4.75. The van der Waals surface area contributed by atoms with Crippen LogP contribution in [0.3, 0.4) is 0 Å². The third-order valence-corrected chi connectivity index (χ3v) is 4.84. The normalized spacial score (nSPS) is 13.6. The average Bonchev–Trinajstić information content (AvgIpc) is 2.99. The molecule has 108 valence electrons. The molecule has 1 aromatic heterocycles. The summed E-state index contributed by atoms with van der Waals surface area (Å²) >= 11 is 5.12. The summed E-state index contributed by atoms with van der Waals surface area (Å²) in [5.74, 6) is 1.58. The van der Waals surface area contributed by atoms with Crippen LogP contribution in [-0.4, -0.2) is 26.3 Å². The van der Waals surface area contributed by atoms with Crippen molar-refractivity contribution in [1.82, 2.24) is 14.9 Å². The molecule has 1 aliphatic heterocycles. The topological polar surface area (TPSA) is 43.1 Å². The highest BCUT2D eigenvalue weighted by molar-refractivity contribution is 9.10. The molecule has 2 aromatic carbocycles. The summed E-state index contributed by atoms with van der Waals surface area (Å²) in [6.07, 6.45) is 0. The Morgan fingerprint density at radius 3 is 2.45 bits per heavy atom. The van der Waals surface area contributed by atoms with Gasteiger partial charge in [-0.15, -0.1) is 10.2 Å². The molecule has 0 spiro atoms. The van der Waals surface area contributed by atoms with E-state index in [4.69, 9.17) is 5.10 Å².